The minimum Gasteiger partial charge on any atom is -0.353 e. The predicted octanol–water partition coefficient (Wildman–Crippen LogP) is 2.20. The highest BCUT2D eigenvalue weighted by atomic mass is 16.1. The Labute approximate surface area is 105 Å². The molecule has 2 saturated carbocycles. The SMILES string of the molecule is C[C@H](NC(=O)CC(N)C1CC1)C1CCCCC1. The summed E-state index contributed by atoms with van der Waals surface area (Å²) in [5.41, 5.74) is 5.97. The second-order valence-corrected chi connectivity index (χ2v) is 5.96. The first-order chi connectivity index (χ1) is 8.16. The van der Waals surface area contributed by atoms with Gasteiger partial charge in [0.25, 0.3) is 0 Å². The van der Waals surface area contributed by atoms with Gasteiger partial charge in [0, 0.05) is 18.5 Å². The van der Waals surface area contributed by atoms with Gasteiger partial charge in [-0.15, -0.1) is 0 Å². The van der Waals surface area contributed by atoms with E-state index < -0.39 is 0 Å². The largest absolute Gasteiger partial charge is 0.353 e. The van der Waals surface area contributed by atoms with Gasteiger partial charge < -0.3 is 11.1 Å². The fourth-order valence-corrected chi connectivity index (χ4v) is 2.97. The van der Waals surface area contributed by atoms with Crippen LogP contribution in [0.3, 0.4) is 0 Å². The molecule has 1 unspecified atom stereocenters. The summed E-state index contributed by atoms with van der Waals surface area (Å²) in [6.45, 7) is 2.15. The van der Waals surface area contributed by atoms with Crippen LogP contribution >= 0.6 is 0 Å². The second-order valence-electron chi connectivity index (χ2n) is 5.96. The highest BCUT2D eigenvalue weighted by molar-refractivity contribution is 5.76. The Morgan fingerprint density at radius 3 is 2.41 bits per heavy atom. The standard InChI is InChI=1S/C14H26N2O/c1-10(11-5-3-2-4-6-11)16-14(17)9-13(15)12-7-8-12/h10-13H,2-9,15H2,1H3,(H,16,17)/t10-,13?/m0/s1. The van der Waals surface area contributed by atoms with Crippen LogP contribution in [0.2, 0.25) is 0 Å². The molecule has 0 spiro atoms. The van der Waals surface area contributed by atoms with Crippen LogP contribution in [0.25, 0.3) is 0 Å². The number of nitrogens with two attached hydrogens (primary N) is 1. The number of carbonyl (C=O) groups excluding carboxylic acids is 1. The van der Waals surface area contributed by atoms with E-state index >= 15 is 0 Å². The van der Waals surface area contributed by atoms with Crippen LogP contribution < -0.4 is 11.1 Å². The quantitative estimate of drug-likeness (QED) is 0.771. The van der Waals surface area contributed by atoms with Gasteiger partial charge in [-0.25, -0.2) is 0 Å². The van der Waals surface area contributed by atoms with Crippen LogP contribution in [-0.4, -0.2) is 18.0 Å². The van der Waals surface area contributed by atoms with E-state index in [0.29, 0.717) is 24.3 Å². The van der Waals surface area contributed by atoms with E-state index in [-0.39, 0.29) is 11.9 Å². The van der Waals surface area contributed by atoms with Crippen LogP contribution in [0.4, 0.5) is 0 Å². The fourth-order valence-electron chi connectivity index (χ4n) is 2.97. The second kappa shape index (κ2) is 5.85. The molecule has 2 fully saturated rings. The molecule has 2 aliphatic carbocycles. The molecular formula is C14H26N2O. The Morgan fingerprint density at radius 1 is 1.18 bits per heavy atom. The van der Waals surface area contributed by atoms with E-state index in [1.807, 2.05) is 0 Å². The molecule has 17 heavy (non-hydrogen) atoms. The summed E-state index contributed by atoms with van der Waals surface area (Å²) < 4.78 is 0. The summed E-state index contributed by atoms with van der Waals surface area (Å²) in [6, 6.07) is 0.419. The molecular weight excluding hydrogens is 212 g/mol. The van der Waals surface area contributed by atoms with E-state index in [2.05, 4.69) is 12.2 Å². The van der Waals surface area contributed by atoms with Gasteiger partial charge in [-0.3, -0.25) is 4.79 Å². The summed E-state index contributed by atoms with van der Waals surface area (Å²) in [6.07, 6.45) is 9.51. The topological polar surface area (TPSA) is 55.1 Å². The van der Waals surface area contributed by atoms with Crippen LogP contribution in [0.1, 0.15) is 58.3 Å². The van der Waals surface area contributed by atoms with E-state index in [1.165, 1.54) is 44.9 Å². The number of amides is 1. The molecule has 0 radical (unpaired) electrons. The van der Waals surface area contributed by atoms with Crippen LogP contribution in [0.5, 0.6) is 0 Å². The van der Waals surface area contributed by atoms with Gasteiger partial charge in [0.15, 0.2) is 0 Å². The molecule has 0 aromatic heterocycles. The first-order valence-electron chi connectivity index (χ1n) is 7.21. The maximum Gasteiger partial charge on any atom is 0.221 e. The molecule has 3 N–H and O–H groups in total. The molecule has 3 heteroatoms. The summed E-state index contributed by atoms with van der Waals surface area (Å²) in [4.78, 5) is 11.8. The van der Waals surface area contributed by atoms with Gasteiger partial charge in [-0.2, -0.15) is 0 Å². The Hall–Kier alpha value is -0.570. The predicted molar refractivity (Wildman–Crippen MR) is 69.5 cm³/mol. The normalized spacial score (nSPS) is 25.3. The summed E-state index contributed by atoms with van der Waals surface area (Å²) >= 11 is 0. The van der Waals surface area contributed by atoms with E-state index in [1.54, 1.807) is 0 Å². The van der Waals surface area contributed by atoms with Crippen LogP contribution in [0, 0.1) is 11.8 Å². The van der Waals surface area contributed by atoms with Crippen molar-refractivity contribution in [3.05, 3.63) is 0 Å². The van der Waals surface area contributed by atoms with Crippen molar-refractivity contribution in [1.82, 2.24) is 5.32 Å². The zero-order valence-electron chi connectivity index (χ0n) is 11.0. The third-order valence-electron chi connectivity index (χ3n) is 4.39. The van der Waals surface area contributed by atoms with E-state index in [9.17, 15) is 4.79 Å². The molecule has 2 aliphatic rings. The Balaban J connectivity index is 1.69. The fraction of sp³-hybridized carbons (Fsp3) is 0.929. The van der Waals surface area contributed by atoms with Crippen molar-refractivity contribution in [3.8, 4) is 0 Å². The maximum atomic E-state index is 11.8. The highest BCUT2D eigenvalue weighted by Gasteiger charge is 2.30. The van der Waals surface area contributed by atoms with Gasteiger partial charge >= 0.3 is 0 Å². The highest BCUT2D eigenvalue weighted by Crippen LogP contribution is 2.32. The van der Waals surface area contributed by atoms with Crippen molar-refractivity contribution in [2.75, 3.05) is 0 Å². The van der Waals surface area contributed by atoms with Gasteiger partial charge in [-0.05, 0) is 44.4 Å². The third kappa shape index (κ3) is 3.98. The molecule has 0 aromatic rings. The molecule has 98 valence electrons. The zero-order chi connectivity index (χ0) is 12.3. The molecule has 2 rings (SSSR count). The van der Waals surface area contributed by atoms with Gasteiger partial charge in [0.2, 0.25) is 5.91 Å². The summed E-state index contributed by atoms with van der Waals surface area (Å²) in [5.74, 6) is 1.46. The number of hydrogen-bond acceptors (Lipinski definition) is 2. The molecule has 0 aromatic carbocycles. The first kappa shape index (κ1) is 12.9. The Bertz CT molecular complexity index is 257. The molecule has 1 amide bonds. The zero-order valence-corrected chi connectivity index (χ0v) is 11.0. The molecule has 2 atom stereocenters. The number of hydrogen-bond donors (Lipinski definition) is 2. The monoisotopic (exact) mass is 238 g/mol. The van der Waals surface area contributed by atoms with E-state index in [4.69, 9.17) is 5.73 Å². The lowest BCUT2D eigenvalue weighted by Gasteiger charge is -2.28. The van der Waals surface area contributed by atoms with Gasteiger partial charge in [0.05, 0.1) is 0 Å². The number of rotatable bonds is 5. The lowest BCUT2D eigenvalue weighted by Crippen LogP contribution is -2.41. The van der Waals surface area contributed by atoms with Gasteiger partial charge in [-0.1, -0.05) is 19.3 Å². The number of nitrogens with one attached hydrogen (secondary N) is 1. The van der Waals surface area contributed by atoms with Crippen molar-refractivity contribution in [3.63, 3.8) is 0 Å². The average molecular weight is 238 g/mol. The molecule has 0 aliphatic heterocycles. The lowest BCUT2D eigenvalue weighted by atomic mass is 9.84. The summed E-state index contributed by atoms with van der Waals surface area (Å²) in [5, 5.41) is 3.14. The molecule has 3 nitrogen and oxygen atoms in total. The van der Waals surface area contributed by atoms with Crippen molar-refractivity contribution in [2.45, 2.75) is 70.4 Å². The first-order valence-corrected chi connectivity index (χ1v) is 7.21. The Kier molecular flexibility index (Phi) is 4.43. The van der Waals surface area contributed by atoms with Gasteiger partial charge in [0.1, 0.15) is 0 Å². The molecule has 0 saturated heterocycles. The number of carbonyl (C=O) groups is 1. The van der Waals surface area contributed by atoms with Crippen molar-refractivity contribution < 1.29 is 4.79 Å². The smallest absolute Gasteiger partial charge is 0.221 e. The molecule has 0 bridgehead atoms. The Morgan fingerprint density at radius 2 is 1.82 bits per heavy atom. The van der Waals surface area contributed by atoms with Crippen LogP contribution in [0.15, 0.2) is 0 Å². The molecule has 0 heterocycles. The average Bonchev–Trinajstić information content (AvgIpc) is 3.13. The minimum atomic E-state index is 0.0913. The van der Waals surface area contributed by atoms with Crippen molar-refractivity contribution in [1.29, 1.82) is 0 Å². The van der Waals surface area contributed by atoms with Crippen molar-refractivity contribution in [2.24, 2.45) is 17.6 Å². The maximum absolute atomic E-state index is 11.8. The lowest BCUT2D eigenvalue weighted by molar-refractivity contribution is -0.122. The van der Waals surface area contributed by atoms with E-state index in [0.717, 1.165) is 0 Å². The minimum absolute atomic E-state index is 0.0913. The van der Waals surface area contributed by atoms with Crippen LogP contribution in [-0.2, 0) is 4.79 Å². The van der Waals surface area contributed by atoms with Crippen molar-refractivity contribution >= 4 is 5.91 Å². The third-order valence-corrected chi connectivity index (χ3v) is 4.39. The summed E-state index contributed by atoms with van der Waals surface area (Å²) in [7, 11) is 0.